The van der Waals surface area contributed by atoms with E-state index in [0.29, 0.717) is 26.4 Å². The number of benzene rings is 3. The van der Waals surface area contributed by atoms with Crippen molar-refractivity contribution in [1.82, 2.24) is 4.72 Å². The molecule has 0 aliphatic carbocycles. The molecule has 0 saturated heterocycles. The third-order valence-electron chi connectivity index (χ3n) is 3.62. The molecule has 0 atom stereocenters. The quantitative estimate of drug-likeness (QED) is 0.706. The van der Waals surface area contributed by atoms with Gasteiger partial charge in [-0.15, -0.1) is 0 Å². The van der Waals surface area contributed by atoms with Crippen LogP contribution in [0.5, 0.6) is 5.75 Å². The number of rotatable bonds is 4. The van der Waals surface area contributed by atoms with Gasteiger partial charge in [0.05, 0.1) is 4.90 Å². The van der Waals surface area contributed by atoms with E-state index in [4.69, 9.17) is 23.2 Å². The van der Waals surface area contributed by atoms with Crippen LogP contribution in [-0.4, -0.2) is 13.5 Å². The van der Waals surface area contributed by atoms with E-state index in [2.05, 4.69) is 4.72 Å². The molecule has 0 saturated carbocycles. The molecule has 3 aromatic rings. The first kappa shape index (κ1) is 17.0. The molecule has 0 unspecified atom stereocenters. The van der Waals surface area contributed by atoms with Gasteiger partial charge in [0.15, 0.2) is 0 Å². The average Bonchev–Trinajstić information content (AvgIpc) is 2.54. The van der Waals surface area contributed by atoms with E-state index in [1.165, 1.54) is 12.1 Å². The van der Waals surface area contributed by atoms with Crippen molar-refractivity contribution in [1.29, 1.82) is 0 Å². The van der Waals surface area contributed by atoms with Crippen molar-refractivity contribution in [3.8, 4) is 5.75 Å². The predicted molar refractivity (Wildman–Crippen MR) is 96.1 cm³/mol. The van der Waals surface area contributed by atoms with Crippen LogP contribution in [0.1, 0.15) is 5.56 Å². The summed E-state index contributed by atoms with van der Waals surface area (Å²) in [4.78, 5) is 0.0981. The van der Waals surface area contributed by atoms with Crippen molar-refractivity contribution in [3.63, 3.8) is 0 Å². The fraction of sp³-hybridized carbons (Fsp3) is 0.0588. The Bertz CT molecular complexity index is 1020. The largest absolute Gasteiger partial charge is 0.507 e. The predicted octanol–water partition coefficient (Wildman–Crippen LogP) is 4.33. The van der Waals surface area contributed by atoms with Gasteiger partial charge < -0.3 is 5.11 Å². The summed E-state index contributed by atoms with van der Waals surface area (Å²) in [5.41, 5.74) is 0.618. The molecular weight excluding hydrogens is 369 g/mol. The van der Waals surface area contributed by atoms with Gasteiger partial charge >= 0.3 is 0 Å². The smallest absolute Gasteiger partial charge is 0.241 e. The highest BCUT2D eigenvalue weighted by molar-refractivity contribution is 7.89. The molecule has 0 heterocycles. The maximum Gasteiger partial charge on any atom is 0.241 e. The van der Waals surface area contributed by atoms with Gasteiger partial charge in [-0.2, -0.15) is 0 Å². The molecule has 2 N–H and O–H groups in total. The van der Waals surface area contributed by atoms with Gasteiger partial charge in [-0.1, -0.05) is 53.5 Å². The maximum atomic E-state index is 12.6. The fourth-order valence-electron chi connectivity index (χ4n) is 2.41. The third kappa shape index (κ3) is 3.35. The lowest BCUT2D eigenvalue weighted by Gasteiger charge is -2.11. The lowest BCUT2D eigenvalue weighted by molar-refractivity contribution is 0.481. The first-order chi connectivity index (χ1) is 11.4. The van der Waals surface area contributed by atoms with Gasteiger partial charge in [-0.05, 0) is 29.8 Å². The monoisotopic (exact) mass is 381 g/mol. The van der Waals surface area contributed by atoms with Gasteiger partial charge in [0.25, 0.3) is 0 Å². The number of nitrogens with one attached hydrogen (secondary N) is 1. The summed E-state index contributed by atoms with van der Waals surface area (Å²) in [5, 5.41) is 11.7. The molecule has 0 spiro atoms. The standard InChI is InChI=1S/C17H13Cl2NO3S/c18-12-8-7-11(15(19)9-12)10-20-24(22,23)17-6-2-3-13-14(17)4-1-5-16(13)21/h1-9,20-21H,10H2. The minimum absolute atomic E-state index is 0.0327. The van der Waals surface area contributed by atoms with E-state index in [-0.39, 0.29) is 17.2 Å². The third-order valence-corrected chi connectivity index (χ3v) is 5.66. The number of hydrogen-bond donors (Lipinski definition) is 2. The van der Waals surface area contributed by atoms with E-state index >= 15 is 0 Å². The summed E-state index contributed by atoms with van der Waals surface area (Å²) in [7, 11) is -3.78. The minimum Gasteiger partial charge on any atom is -0.507 e. The van der Waals surface area contributed by atoms with Crippen molar-refractivity contribution in [3.05, 3.63) is 70.2 Å². The minimum atomic E-state index is -3.78. The summed E-state index contributed by atoms with van der Waals surface area (Å²) < 4.78 is 27.8. The Kier molecular flexibility index (Phi) is 4.69. The normalized spacial score (nSPS) is 11.8. The van der Waals surface area contributed by atoms with Crippen LogP contribution in [0.15, 0.2) is 59.5 Å². The lowest BCUT2D eigenvalue weighted by atomic mass is 10.1. The highest BCUT2D eigenvalue weighted by atomic mass is 35.5. The number of aromatic hydroxyl groups is 1. The molecule has 0 aromatic heterocycles. The van der Waals surface area contributed by atoms with Gasteiger partial charge in [-0.25, -0.2) is 13.1 Å². The Balaban J connectivity index is 1.95. The van der Waals surface area contributed by atoms with Crippen LogP contribution in [0, 0.1) is 0 Å². The van der Waals surface area contributed by atoms with Gasteiger partial charge in [0.2, 0.25) is 10.0 Å². The summed E-state index contributed by atoms with van der Waals surface area (Å²) in [5.74, 6) is 0.0327. The molecule has 0 aliphatic heterocycles. The Labute approximate surface area is 149 Å². The molecule has 0 amide bonds. The molecule has 4 nitrogen and oxygen atoms in total. The van der Waals surface area contributed by atoms with Crippen molar-refractivity contribution < 1.29 is 13.5 Å². The molecule has 124 valence electrons. The second kappa shape index (κ2) is 6.61. The van der Waals surface area contributed by atoms with Crippen LogP contribution in [0.4, 0.5) is 0 Å². The van der Waals surface area contributed by atoms with Crippen LogP contribution in [0.3, 0.4) is 0 Å². The molecule has 0 radical (unpaired) electrons. The molecule has 24 heavy (non-hydrogen) atoms. The van der Waals surface area contributed by atoms with Crippen LogP contribution >= 0.6 is 23.2 Å². The summed E-state index contributed by atoms with van der Waals surface area (Å²) in [6.07, 6.45) is 0. The topological polar surface area (TPSA) is 66.4 Å². The number of sulfonamides is 1. The van der Waals surface area contributed by atoms with Crippen molar-refractivity contribution in [2.24, 2.45) is 0 Å². The van der Waals surface area contributed by atoms with Crippen molar-refractivity contribution in [2.75, 3.05) is 0 Å². The van der Waals surface area contributed by atoms with Crippen molar-refractivity contribution >= 4 is 44.0 Å². The first-order valence-electron chi connectivity index (χ1n) is 7.03. The molecular formula is C17H13Cl2NO3S. The number of fused-ring (bicyclic) bond motifs is 1. The second-order valence-corrected chi connectivity index (χ2v) is 7.77. The van der Waals surface area contributed by atoms with Crippen LogP contribution in [0.2, 0.25) is 10.0 Å². The lowest BCUT2D eigenvalue weighted by Crippen LogP contribution is -2.23. The van der Waals surface area contributed by atoms with E-state index in [9.17, 15) is 13.5 Å². The number of hydrogen-bond acceptors (Lipinski definition) is 3. The van der Waals surface area contributed by atoms with E-state index in [0.717, 1.165) is 0 Å². The van der Waals surface area contributed by atoms with E-state index in [1.54, 1.807) is 42.5 Å². The highest BCUT2D eigenvalue weighted by Crippen LogP contribution is 2.29. The molecule has 0 bridgehead atoms. The summed E-state index contributed by atoms with van der Waals surface area (Å²) >= 11 is 11.9. The summed E-state index contributed by atoms with van der Waals surface area (Å²) in [6, 6.07) is 14.4. The summed E-state index contributed by atoms with van der Waals surface area (Å²) in [6.45, 7) is 0.0353. The Morgan fingerprint density at radius 2 is 1.67 bits per heavy atom. The van der Waals surface area contributed by atoms with Crippen LogP contribution in [0.25, 0.3) is 10.8 Å². The van der Waals surface area contributed by atoms with Crippen molar-refractivity contribution in [2.45, 2.75) is 11.4 Å². The van der Waals surface area contributed by atoms with E-state index < -0.39 is 10.0 Å². The molecule has 0 fully saturated rings. The molecule has 7 heteroatoms. The van der Waals surface area contributed by atoms with Gasteiger partial charge in [0, 0.05) is 27.4 Å². The zero-order valence-electron chi connectivity index (χ0n) is 12.3. The Morgan fingerprint density at radius 1 is 0.958 bits per heavy atom. The fourth-order valence-corrected chi connectivity index (χ4v) is 4.12. The maximum absolute atomic E-state index is 12.6. The second-order valence-electron chi connectivity index (χ2n) is 5.19. The Morgan fingerprint density at radius 3 is 2.42 bits per heavy atom. The average molecular weight is 382 g/mol. The zero-order chi connectivity index (χ0) is 17.3. The Hall–Kier alpha value is -1.79. The van der Waals surface area contributed by atoms with Gasteiger partial charge in [-0.3, -0.25) is 0 Å². The first-order valence-corrected chi connectivity index (χ1v) is 9.27. The van der Waals surface area contributed by atoms with Crippen LogP contribution in [-0.2, 0) is 16.6 Å². The number of halogens is 2. The van der Waals surface area contributed by atoms with Crippen LogP contribution < -0.4 is 4.72 Å². The van der Waals surface area contributed by atoms with E-state index in [1.807, 2.05) is 0 Å². The SMILES string of the molecule is O=S(=O)(NCc1ccc(Cl)cc1Cl)c1cccc2c(O)cccc12. The number of phenols is 1. The zero-order valence-corrected chi connectivity index (χ0v) is 14.7. The number of phenolic OH excluding ortho intramolecular Hbond substituents is 1. The molecule has 3 rings (SSSR count). The molecule has 0 aliphatic rings. The van der Waals surface area contributed by atoms with Gasteiger partial charge in [0.1, 0.15) is 5.75 Å². The molecule has 3 aromatic carbocycles. The highest BCUT2D eigenvalue weighted by Gasteiger charge is 2.18.